The predicted octanol–water partition coefficient (Wildman–Crippen LogP) is 1.63. The highest BCUT2D eigenvalue weighted by Crippen LogP contribution is 2.54. The second-order valence-electron chi connectivity index (χ2n) is 16.8. The zero-order valence-corrected chi connectivity index (χ0v) is 34.5. The Labute approximate surface area is 346 Å². The third-order valence-corrected chi connectivity index (χ3v) is 12.8. The monoisotopic (exact) mass is 845 g/mol. The van der Waals surface area contributed by atoms with E-state index in [4.69, 9.17) is 33.2 Å². The van der Waals surface area contributed by atoms with Gasteiger partial charge in [0, 0.05) is 42.9 Å². The zero-order chi connectivity index (χ0) is 43.7. The normalized spacial score (nSPS) is 37.9. The number of esters is 1. The van der Waals surface area contributed by atoms with Crippen LogP contribution in [0.5, 0.6) is 17.2 Å². The lowest BCUT2D eigenvalue weighted by Gasteiger charge is -2.48. The number of phenols is 3. The standard InChI is InChI=1S/C42H55NO17/c1-8-42(53)15-26(30-19(34(42)41(52)54-7)11-20-31(37(30)50)38(51)33-23(45)10-9-22(44)32(33)36(20)49)58-27-12-21(43(5)6)39(17(3)56-27)59-29-14-25(47)40(18(4)57-29)60-28-13-24(46)35(48)16(2)55-28/h9-11,16-18,21,24-29,34-35,39-40,44-48,50,53H,8,12-15H2,1-7H3/t16-,17-,18-,21-,24-,25-,26-,27+,28+,29+,34-,35+,39+,40+,42+/m1/s1. The first-order valence-corrected chi connectivity index (χ1v) is 20.3. The van der Waals surface area contributed by atoms with E-state index in [9.17, 15) is 50.1 Å². The molecule has 7 N–H and O–H groups in total. The highest BCUT2D eigenvalue weighted by molar-refractivity contribution is 6.31. The number of hydrogen-bond acceptors (Lipinski definition) is 18. The Balaban J connectivity index is 1.14. The summed E-state index contributed by atoms with van der Waals surface area (Å²) in [5.74, 6) is -5.94. The van der Waals surface area contributed by atoms with Crippen molar-refractivity contribution in [2.45, 2.75) is 151 Å². The predicted molar refractivity (Wildman–Crippen MR) is 205 cm³/mol. The molecule has 0 unspecified atom stereocenters. The number of likely N-dealkylation sites (N-methyl/N-ethyl adjacent to an activating group) is 1. The Kier molecular flexibility index (Phi) is 12.4. The minimum atomic E-state index is -1.82. The van der Waals surface area contributed by atoms with E-state index in [2.05, 4.69) is 0 Å². The number of methoxy groups -OCH3 is 1. The van der Waals surface area contributed by atoms with Crippen molar-refractivity contribution in [1.82, 2.24) is 4.90 Å². The molecule has 18 nitrogen and oxygen atoms in total. The minimum Gasteiger partial charge on any atom is -0.507 e. The van der Waals surface area contributed by atoms with E-state index < -0.39 is 137 Å². The smallest absolute Gasteiger partial charge is 0.316 e. The molecule has 5 aliphatic rings. The summed E-state index contributed by atoms with van der Waals surface area (Å²) in [6, 6.07) is 2.97. The molecule has 0 aromatic heterocycles. The molecular weight excluding hydrogens is 790 g/mol. The molecule has 0 saturated carbocycles. The molecule has 60 heavy (non-hydrogen) atoms. The molecular formula is C42H55NO17. The highest BCUT2D eigenvalue weighted by Gasteiger charge is 2.54. The molecule has 3 aliphatic heterocycles. The lowest BCUT2D eigenvalue weighted by molar-refractivity contribution is -0.332. The van der Waals surface area contributed by atoms with Gasteiger partial charge in [-0.25, -0.2) is 0 Å². The summed E-state index contributed by atoms with van der Waals surface area (Å²) in [4.78, 5) is 43.2. The fourth-order valence-corrected chi connectivity index (χ4v) is 9.51. The van der Waals surface area contributed by atoms with E-state index in [-0.39, 0.29) is 54.8 Å². The van der Waals surface area contributed by atoms with Crippen molar-refractivity contribution in [2.24, 2.45) is 0 Å². The molecule has 3 fully saturated rings. The number of hydrogen-bond donors (Lipinski definition) is 7. The first-order chi connectivity index (χ1) is 28.3. The highest BCUT2D eigenvalue weighted by atomic mass is 16.7. The van der Waals surface area contributed by atoms with E-state index >= 15 is 0 Å². The van der Waals surface area contributed by atoms with E-state index in [0.717, 1.165) is 19.2 Å². The Morgan fingerprint density at radius 3 is 1.92 bits per heavy atom. The number of phenolic OH excluding ortho intramolecular Hbond substituents is 3. The van der Waals surface area contributed by atoms with Gasteiger partial charge in [0.2, 0.25) is 5.78 Å². The second kappa shape index (κ2) is 16.8. The van der Waals surface area contributed by atoms with E-state index in [1.807, 2.05) is 19.0 Å². The molecule has 2 aliphatic carbocycles. The molecule has 2 aromatic carbocycles. The van der Waals surface area contributed by atoms with Crippen LogP contribution in [-0.2, 0) is 38.0 Å². The molecule has 0 bridgehead atoms. The van der Waals surface area contributed by atoms with E-state index in [0.29, 0.717) is 0 Å². The zero-order valence-electron chi connectivity index (χ0n) is 34.5. The number of nitrogens with zero attached hydrogens (tertiary/aromatic N) is 1. The maximum Gasteiger partial charge on any atom is 0.316 e. The number of aliphatic hydroxyl groups excluding tert-OH is 3. The van der Waals surface area contributed by atoms with Crippen molar-refractivity contribution < 1.29 is 83.3 Å². The van der Waals surface area contributed by atoms with Crippen LogP contribution in [0.1, 0.15) is 115 Å². The Hall–Kier alpha value is -3.79. The summed E-state index contributed by atoms with van der Waals surface area (Å²) in [5.41, 5.74) is -3.64. The van der Waals surface area contributed by atoms with Crippen LogP contribution in [0.4, 0.5) is 0 Å². The summed E-state index contributed by atoms with van der Waals surface area (Å²) >= 11 is 0. The van der Waals surface area contributed by atoms with Gasteiger partial charge < -0.3 is 73.8 Å². The average Bonchev–Trinajstić information content (AvgIpc) is 3.18. The van der Waals surface area contributed by atoms with Gasteiger partial charge in [0.05, 0.1) is 66.0 Å². The van der Waals surface area contributed by atoms with Crippen molar-refractivity contribution in [3.63, 3.8) is 0 Å². The molecule has 0 spiro atoms. The summed E-state index contributed by atoms with van der Waals surface area (Å²) in [5, 5.41) is 76.8. The lowest BCUT2D eigenvalue weighted by Crippen LogP contribution is -2.58. The Morgan fingerprint density at radius 1 is 0.800 bits per heavy atom. The van der Waals surface area contributed by atoms with Gasteiger partial charge in [0.15, 0.2) is 24.7 Å². The van der Waals surface area contributed by atoms with Crippen LogP contribution in [0, 0.1) is 0 Å². The fraction of sp³-hybridized carbons (Fsp3) is 0.643. The van der Waals surface area contributed by atoms with Crippen molar-refractivity contribution in [3.05, 3.63) is 51.6 Å². The number of ketones is 2. The van der Waals surface area contributed by atoms with Crippen LogP contribution in [0.25, 0.3) is 0 Å². The number of ether oxygens (including phenoxy) is 7. The topological polar surface area (TPSA) is 261 Å². The quantitative estimate of drug-likeness (QED) is 0.119. The van der Waals surface area contributed by atoms with Gasteiger partial charge in [-0.3, -0.25) is 14.4 Å². The first kappa shape index (κ1) is 44.3. The number of rotatable bonds is 9. The van der Waals surface area contributed by atoms with Gasteiger partial charge >= 0.3 is 5.97 Å². The number of aromatic hydroxyl groups is 3. The Bertz CT molecular complexity index is 1970. The van der Waals surface area contributed by atoms with Crippen LogP contribution in [0.2, 0.25) is 0 Å². The number of carbonyl (C=O) groups excluding carboxylic acids is 3. The minimum absolute atomic E-state index is 0.0140. The van der Waals surface area contributed by atoms with Gasteiger partial charge in [-0.15, -0.1) is 0 Å². The van der Waals surface area contributed by atoms with Gasteiger partial charge in [-0.2, -0.15) is 0 Å². The van der Waals surface area contributed by atoms with Crippen molar-refractivity contribution in [2.75, 3.05) is 21.2 Å². The second-order valence-corrected chi connectivity index (χ2v) is 16.8. The average molecular weight is 846 g/mol. The number of fused-ring (bicyclic) bond motifs is 3. The summed E-state index contributed by atoms with van der Waals surface area (Å²) in [6.07, 6.45) is -10.5. The fourth-order valence-electron chi connectivity index (χ4n) is 9.51. The largest absolute Gasteiger partial charge is 0.507 e. The maximum absolute atomic E-state index is 14.0. The SMILES string of the molecule is CC[C@]1(O)C[C@@H](O[C@H]2C[C@@H](N(C)C)[C@@H](O[C@H]3C[C@@H](O)[C@@H](O[C@H]4C[C@@H](O)[C@@H](O)[C@@H](C)O4)[C@@H](C)O3)[C@@H](C)O2)c2c(cc3c(c2O)C(=O)c2c(O)ccc(O)c2C3=O)[C@@H]1C(=O)OC. The summed E-state index contributed by atoms with van der Waals surface area (Å²) in [7, 11) is 4.82. The van der Waals surface area contributed by atoms with Crippen LogP contribution in [0.15, 0.2) is 18.2 Å². The van der Waals surface area contributed by atoms with Crippen molar-refractivity contribution >= 4 is 17.5 Å². The van der Waals surface area contributed by atoms with Gasteiger partial charge in [-0.05, 0) is 65.0 Å². The Morgan fingerprint density at radius 2 is 1.35 bits per heavy atom. The molecule has 0 amide bonds. The molecule has 3 heterocycles. The summed E-state index contributed by atoms with van der Waals surface area (Å²) in [6.45, 7) is 6.77. The van der Waals surface area contributed by atoms with Gasteiger partial charge in [-0.1, -0.05) is 6.92 Å². The van der Waals surface area contributed by atoms with Crippen LogP contribution in [0.3, 0.4) is 0 Å². The number of benzene rings is 2. The number of carbonyl (C=O) groups is 3. The number of aliphatic hydroxyl groups is 4. The molecule has 330 valence electrons. The molecule has 7 rings (SSSR count). The molecule has 3 saturated heterocycles. The van der Waals surface area contributed by atoms with Crippen molar-refractivity contribution in [1.29, 1.82) is 0 Å². The van der Waals surface area contributed by atoms with Crippen LogP contribution >= 0.6 is 0 Å². The first-order valence-electron chi connectivity index (χ1n) is 20.3. The third-order valence-electron chi connectivity index (χ3n) is 12.8. The summed E-state index contributed by atoms with van der Waals surface area (Å²) < 4.78 is 42.5. The molecule has 2 aromatic rings. The molecule has 18 heteroatoms. The maximum atomic E-state index is 14.0. The third kappa shape index (κ3) is 7.70. The lowest BCUT2D eigenvalue weighted by atomic mass is 9.67. The van der Waals surface area contributed by atoms with Crippen LogP contribution in [-0.4, -0.2) is 159 Å². The van der Waals surface area contributed by atoms with Crippen molar-refractivity contribution in [3.8, 4) is 17.2 Å². The van der Waals surface area contributed by atoms with Gasteiger partial charge in [0.1, 0.15) is 41.5 Å². The molecule has 0 radical (unpaired) electrons. The van der Waals surface area contributed by atoms with E-state index in [1.54, 1.807) is 27.7 Å². The van der Waals surface area contributed by atoms with Crippen LogP contribution < -0.4 is 0 Å². The van der Waals surface area contributed by atoms with Gasteiger partial charge in [0.25, 0.3) is 0 Å². The molecule has 15 atom stereocenters. The van der Waals surface area contributed by atoms with E-state index in [1.165, 1.54) is 6.07 Å².